The summed E-state index contributed by atoms with van der Waals surface area (Å²) in [5.41, 5.74) is 0. The summed E-state index contributed by atoms with van der Waals surface area (Å²) in [7, 11) is -3.92. The van der Waals surface area contributed by atoms with E-state index in [2.05, 4.69) is 0 Å². The number of rotatable bonds is 2. The first-order valence-corrected chi connectivity index (χ1v) is 7.87. The number of benzene rings is 3. The van der Waals surface area contributed by atoms with Gasteiger partial charge in [0.05, 0.1) is 9.79 Å². The lowest BCUT2D eigenvalue weighted by molar-refractivity contribution is 0.366. The number of fused-ring (bicyclic) bond motifs is 1. The molecule has 0 spiro atoms. The highest BCUT2D eigenvalue weighted by molar-refractivity contribution is 7.91. The van der Waals surface area contributed by atoms with Crippen molar-refractivity contribution in [2.24, 2.45) is 0 Å². The van der Waals surface area contributed by atoms with Gasteiger partial charge in [-0.15, -0.1) is 0 Å². The summed E-state index contributed by atoms with van der Waals surface area (Å²) in [4.78, 5) is -0.258. The molecule has 3 N–H and O–H groups in total. The van der Waals surface area contributed by atoms with E-state index < -0.39 is 27.1 Å². The van der Waals surface area contributed by atoms with Crippen molar-refractivity contribution in [1.29, 1.82) is 0 Å². The van der Waals surface area contributed by atoms with Gasteiger partial charge in [-0.25, -0.2) is 8.42 Å². The Morgan fingerprint density at radius 1 is 0.682 bits per heavy atom. The van der Waals surface area contributed by atoms with E-state index in [1.807, 2.05) is 12.1 Å². The molecule has 0 saturated carbocycles. The van der Waals surface area contributed by atoms with Crippen molar-refractivity contribution in [1.82, 2.24) is 0 Å². The van der Waals surface area contributed by atoms with Gasteiger partial charge in [-0.2, -0.15) is 0 Å². The van der Waals surface area contributed by atoms with Crippen LogP contribution in [0.3, 0.4) is 0 Å². The first-order chi connectivity index (χ1) is 10.4. The number of phenolic OH excluding ortho intramolecular Hbond substituents is 3. The van der Waals surface area contributed by atoms with E-state index in [4.69, 9.17) is 0 Å². The summed E-state index contributed by atoms with van der Waals surface area (Å²) in [6, 6.07) is 13.8. The van der Waals surface area contributed by atoms with Crippen LogP contribution in [0.5, 0.6) is 17.2 Å². The van der Waals surface area contributed by atoms with E-state index >= 15 is 0 Å². The molecule has 5 nitrogen and oxygen atoms in total. The standard InChI is InChI=1S/C16H12O5S/c17-14-8-13(9-15(18)16(14)19)22(20,21)12-6-5-10-3-1-2-4-11(10)7-12/h1-9,17-19H. The van der Waals surface area contributed by atoms with Crippen LogP contribution in [-0.4, -0.2) is 23.7 Å². The Morgan fingerprint density at radius 3 is 1.91 bits per heavy atom. The van der Waals surface area contributed by atoms with Crippen molar-refractivity contribution < 1.29 is 23.7 Å². The third-order valence-electron chi connectivity index (χ3n) is 3.38. The maximum Gasteiger partial charge on any atom is 0.206 e. The van der Waals surface area contributed by atoms with Gasteiger partial charge in [0.1, 0.15) is 0 Å². The normalized spacial score (nSPS) is 11.6. The maximum absolute atomic E-state index is 12.6. The Labute approximate surface area is 126 Å². The molecule has 0 aromatic heterocycles. The quantitative estimate of drug-likeness (QED) is 0.632. The van der Waals surface area contributed by atoms with Crippen molar-refractivity contribution >= 4 is 20.6 Å². The number of hydrogen-bond donors (Lipinski definition) is 3. The Hall–Kier alpha value is -2.73. The van der Waals surface area contributed by atoms with Crippen molar-refractivity contribution in [2.45, 2.75) is 9.79 Å². The van der Waals surface area contributed by atoms with E-state index in [0.717, 1.165) is 22.9 Å². The van der Waals surface area contributed by atoms with Gasteiger partial charge in [0.15, 0.2) is 17.2 Å². The molecule has 0 radical (unpaired) electrons. The Balaban J connectivity index is 2.19. The molecule has 0 bridgehead atoms. The van der Waals surface area contributed by atoms with Crippen molar-refractivity contribution in [3.05, 3.63) is 54.6 Å². The summed E-state index contributed by atoms with van der Waals surface area (Å²) in [6.45, 7) is 0. The zero-order chi connectivity index (χ0) is 15.9. The molecular weight excluding hydrogens is 304 g/mol. The molecule has 22 heavy (non-hydrogen) atoms. The SMILES string of the molecule is O=S(=O)(c1cc(O)c(O)c(O)c1)c1ccc2ccccc2c1. The molecule has 0 unspecified atom stereocenters. The minimum atomic E-state index is -3.92. The van der Waals surface area contributed by atoms with Crippen LogP contribution in [0.4, 0.5) is 0 Å². The third kappa shape index (κ3) is 2.23. The van der Waals surface area contributed by atoms with E-state index in [0.29, 0.717) is 0 Å². The molecule has 0 aliphatic carbocycles. The van der Waals surface area contributed by atoms with Gasteiger partial charge in [-0.3, -0.25) is 0 Å². The molecule has 0 saturated heterocycles. The number of hydrogen-bond acceptors (Lipinski definition) is 5. The second-order valence-corrected chi connectivity index (χ2v) is 6.77. The highest BCUT2D eigenvalue weighted by atomic mass is 32.2. The number of sulfone groups is 1. The average Bonchev–Trinajstić information content (AvgIpc) is 2.51. The maximum atomic E-state index is 12.6. The van der Waals surface area contributed by atoms with E-state index in [9.17, 15) is 23.7 Å². The van der Waals surface area contributed by atoms with Crippen LogP contribution in [0.25, 0.3) is 10.8 Å². The fraction of sp³-hybridized carbons (Fsp3) is 0. The van der Waals surface area contributed by atoms with E-state index in [1.165, 1.54) is 12.1 Å². The van der Waals surface area contributed by atoms with E-state index in [-0.39, 0.29) is 9.79 Å². The van der Waals surface area contributed by atoms with Gasteiger partial charge in [-0.1, -0.05) is 30.3 Å². The predicted molar refractivity (Wildman–Crippen MR) is 80.8 cm³/mol. The van der Waals surface area contributed by atoms with Crippen LogP contribution in [0.15, 0.2) is 64.4 Å². The van der Waals surface area contributed by atoms with Crippen LogP contribution >= 0.6 is 0 Å². The highest BCUT2D eigenvalue weighted by Crippen LogP contribution is 2.38. The summed E-state index contributed by atoms with van der Waals surface area (Å²) in [6.07, 6.45) is 0. The topological polar surface area (TPSA) is 94.8 Å². The molecule has 112 valence electrons. The first-order valence-electron chi connectivity index (χ1n) is 6.38. The molecule has 0 heterocycles. The van der Waals surface area contributed by atoms with Crippen LogP contribution in [-0.2, 0) is 9.84 Å². The molecule has 0 atom stereocenters. The molecule has 6 heteroatoms. The molecule has 0 aliphatic heterocycles. The van der Waals surface area contributed by atoms with Gasteiger partial charge >= 0.3 is 0 Å². The van der Waals surface area contributed by atoms with Crippen molar-refractivity contribution in [3.8, 4) is 17.2 Å². The van der Waals surface area contributed by atoms with Gasteiger partial charge < -0.3 is 15.3 Å². The second-order valence-electron chi connectivity index (χ2n) is 4.82. The lowest BCUT2D eigenvalue weighted by atomic mass is 10.1. The molecule has 0 aliphatic rings. The third-order valence-corrected chi connectivity index (χ3v) is 5.12. The fourth-order valence-electron chi connectivity index (χ4n) is 2.20. The summed E-state index contributed by atoms with van der Waals surface area (Å²) in [5, 5.41) is 30.0. The largest absolute Gasteiger partial charge is 0.504 e. The Kier molecular flexibility index (Phi) is 3.18. The monoisotopic (exact) mass is 316 g/mol. The van der Waals surface area contributed by atoms with Gasteiger partial charge in [0.25, 0.3) is 0 Å². The van der Waals surface area contributed by atoms with E-state index in [1.54, 1.807) is 18.2 Å². The summed E-state index contributed by atoms with van der Waals surface area (Å²) >= 11 is 0. The number of aromatic hydroxyl groups is 3. The molecule has 0 fully saturated rings. The lowest BCUT2D eigenvalue weighted by Gasteiger charge is -2.08. The van der Waals surface area contributed by atoms with Crippen LogP contribution < -0.4 is 0 Å². The average molecular weight is 316 g/mol. The molecule has 0 amide bonds. The lowest BCUT2D eigenvalue weighted by Crippen LogP contribution is -2.02. The molecule has 3 rings (SSSR count). The smallest absolute Gasteiger partial charge is 0.206 e. The Morgan fingerprint density at radius 2 is 1.27 bits per heavy atom. The first kappa shape index (κ1) is 14.2. The number of phenols is 3. The summed E-state index contributed by atoms with van der Waals surface area (Å²) in [5.74, 6) is -2.14. The second kappa shape index (κ2) is 4.92. The summed E-state index contributed by atoms with van der Waals surface area (Å²) < 4.78 is 25.2. The van der Waals surface area contributed by atoms with Crippen molar-refractivity contribution in [3.63, 3.8) is 0 Å². The van der Waals surface area contributed by atoms with Gasteiger partial charge in [0, 0.05) is 12.1 Å². The van der Waals surface area contributed by atoms with Crippen LogP contribution in [0.2, 0.25) is 0 Å². The minimum Gasteiger partial charge on any atom is -0.504 e. The fourth-order valence-corrected chi connectivity index (χ4v) is 3.54. The van der Waals surface area contributed by atoms with Gasteiger partial charge in [0.2, 0.25) is 9.84 Å². The van der Waals surface area contributed by atoms with Crippen LogP contribution in [0.1, 0.15) is 0 Å². The van der Waals surface area contributed by atoms with Crippen LogP contribution in [0, 0.1) is 0 Å². The van der Waals surface area contributed by atoms with Crippen molar-refractivity contribution in [2.75, 3.05) is 0 Å². The zero-order valence-electron chi connectivity index (χ0n) is 11.3. The minimum absolute atomic E-state index is 0.0377. The van der Waals surface area contributed by atoms with Gasteiger partial charge in [-0.05, 0) is 22.9 Å². The molecule has 3 aromatic carbocycles. The zero-order valence-corrected chi connectivity index (χ0v) is 12.1. The predicted octanol–water partition coefficient (Wildman–Crippen LogP) is 2.79. The molecular formula is C16H12O5S. The Bertz CT molecular complexity index is 954. The highest BCUT2D eigenvalue weighted by Gasteiger charge is 2.21. The molecule has 3 aromatic rings.